The number of carbonyl (C=O) groups is 1. The van der Waals surface area contributed by atoms with Gasteiger partial charge in [-0.15, -0.1) is 0 Å². The smallest absolute Gasteiger partial charge is 0.236 e. The van der Waals surface area contributed by atoms with Crippen molar-refractivity contribution in [2.45, 2.75) is 45.3 Å². The van der Waals surface area contributed by atoms with Crippen molar-refractivity contribution in [2.75, 3.05) is 13.2 Å². The van der Waals surface area contributed by atoms with Crippen molar-refractivity contribution >= 4 is 5.91 Å². The van der Waals surface area contributed by atoms with E-state index < -0.39 is 0 Å². The van der Waals surface area contributed by atoms with Crippen LogP contribution in [0.3, 0.4) is 0 Å². The first kappa shape index (κ1) is 12.5. The van der Waals surface area contributed by atoms with Crippen LogP contribution < -0.4 is 11.1 Å². The van der Waals surface area contributed by atoms with Crippen LogP contribution in [0.15, 0.2) is 0 Å². The average Bonchev–Trinajstić information content (AvgIpc) is 2.61. The topological polar surface area (TPSA) is 64.4 Å². The molecule has 0 spiro atoms. The molecule has 1 heterocycles. The lowest BCUT2D eigenvalue weighted by Crippen LogP contribution is -2.43. The molecule has 0 aromatic heterocycles. The number of carbonyl (C=O) groups excluding carboxylic acids is 1. The maximum Gasteiger partial charge on any atom is 0.236 e. The molecule has 1 aliphatic heterocycles. The SMILES string of the molecule is CCCC(N)C(=O)NCC1CCOC1C. The third-order valence-corrected chi connectivity index (χ3v) is 3.01. The second kappa shape index (κ2) is 6.08. The van der Waals surface area contributed by atoms with E-state index in [-0.39, 0.29) is 18.1 Å². The van der Waals surface area contributed by atoms with Crippen LogP contribution in [0.25, 0.3) is 0 Å². The molecule has 1 saturated heterocycles. The van der Waals surface area contributed by atoms with E-state index in [1.807, 2.05) is 6.92 Å². The van der Waals surface area contributed by atoms with Gasteiger partial charge in [-0.1, -0.05) is 13.3 Å². The van der Waals surface area contributed by atoms with Gasteiger partial charge in [0.15, 0.2) is 0 Å². The summed E-state index contributed by atoms with van der Waals surface area (Å²) < 4.78 is 5.42. The van der Waals surface area contributed by atoms with E-state index in [4.69, 9.17) is 10.5 Å². The normalized spacial score (nSPS) is 27.7. The standard InChI is InChI=1S/C11H22N2O2/c1-3-4-10(12)11(14)13-7-9-5-6-15-8(9)2/h8-10H,3-7,12H2,1-2H3,(H,13,14). The van der Waals surface area contributed by atoms with Crippen molar-refractivity contribution in [3.63, 3.8) is 0 Å². The van der Waals surface area contributed by atoms with Gasteiger partial charge in [-0.2, -0.15) is 0 Å². The van der Waals surface area contributed by atoms with Gasteiger partial charge in [0.1, 0.15) is 0 Å². The zero-order valence-electron chi connectivity index (χ0n) is 9.66. The number of hydrogen-bond acceptors (Lipinski definition) is 3. The third kappa shape index (κ3) is 3.80. The summed E-state index contributed by atoms with van der Waals surface area (Å²) in [4.78, 5) is 11.5. The minimum absolute atomic E-state index is 0.0315. The molecule has 3 unspecified atom stereocenters. The number of amides is 1. The Hall–Kier alpha value is -0.610. The molecule has 0 aromatic carbocycles. The predicted molar refractivity (Wildman–Crippen MR) is 59.4 cm³/mol. The quantitative estimate of drug-likeness (QED) is 0.706. The monoisotopic (exact) mass is 214 g/mol. The Balaban J connectivity index is 2.21. The molecule has 1 amide bonds. The summed E-state index contributed by atoms with van der Waals surface area (Å²) in [5.41, 5.74) is 5.70. The minimum atomic E-state index is -0.354. The Morgan fingerprint density at radius 1 is 1.67 bits per heavy atom. The fourth-order valence-electron chi connectivity index (χ4n) is 1.85. The van der Waals surface area contributed by atoms with Crippen LogP contribution in [0.4, 0.5) is 0 Å². The molecule has 1 rings (SSSR count). The molecule has 4 nitrogen and oxygen atoms in total. The highest BCUT2D eigenvalue weighted by atomic mass is 16.5. The van der Waals surface area contributed by atoms with Gasteiger partial charge in [0.05, 0.1) is 12.1 Å². The van der Waals surface area contributed by atoms with Crippen LogP contribution in [0.1, 0.15) is 33.1 Å². The van der Waals surface area contributed by atoms with Crippen molar-refractivity contribution in [2.24, 2.45) is 11.7 Å². The Morgan fingerprint density at radius 3 is 2.93 bits per heavy atom. The number of nitrogens with two attached hydrogens (primary N) is 1. The van der Waals surface area contributed by atoms with Gasteiger partial charge < -0.3 is 15.8 Å². The summed E-state index contributed by atoms with van der Waals surface area (Å²) in [6, 6.07) is -0.354. The number of ether oxygens (including phenoxy) is 1. The molecule has 0 saturated carbocycles. The molecular weight excluding hydrogens is 192 g/mol. The summed E-state index contributed by atoms with van der Waals surface area (Å²) in [5.74, 6) is 0.415. The molecule has 0 bridgehead atoms. The molecule has 88 valence electrons. The summed E-state index contributed by atoms with van der Waals surface area (Å²) in [6.07, 6.45) is 2.98. The van der Waals surface area contributed by atoms with E-state index in [0.29, 0.717) is 12.5 Å². The first-order valence-corrected chi connectivity index (χ1v) is 5.80. The van der Waals surface area contributed by atoms with Gasteiger partial charge in [0, 0.05) is 19.1 Å². The van der Waals surface area contributed by atoms with E-state index in [1.54, 1.807) is 0 Å². The maximum atomic E-state index is 11.5. The van der Waals surface area contributed by atoms with Gasteiger partial charge in [-0.3, -0.25) is 4.79 Å². The highest BCUT2D eigenvalue weighted by molar-refractivity contribution is 5.81. The van der Waals surface area contributed by atoms with E-state index >= 15 is 0 Å². The van der Waals surface area contributed by atoms with E-state index in [2.05, 4.69) is 12.2 Å². The van der Waals surface area contributed by atoms with Crippen LogP contribution in [0.2, 0.25) is 0 Å². The zero-order chi connectivity index (χ0) is 11.3. The van der Waals surface area contributed by atoms with Crippen LogP contribution in [0.5, 0.6) is 0 Å². The summed E-state index contributed by atoms with van der Waals surface area (Å²) >= 11 is 0. The minimum Gasteiger partial charge on any atom is -0.378 e. The van der Waals surface area contributed by atoms with Crippen LogP contribution in [-0.4, -0.2) is 31.2 Å². The zero-order valence-corrected chi connectivity index (χ0v) is 9.66. The first-order chi connectivity index (χ1) is 7.15. The lowest BCUT2D eigenvalue weighted by atomic mass is 10.0. The van der Waals surface area contributed by atoms with Crippen LogP contribution >= 0.6 is 0 Å². The van der Waals surface area contributed by atoms with Crippen molar-refractivity contribution in [3.8, 4) is 0 Å². The number of rotatable bonds is 5. The fourth-order valence-corrected chi connectivity index (χ4v) is 1.85. The van der Waals surface area contributed by atoms with Crippen molar-refractivity contribution in [3.05, 3.63) is 0 Å². The largest absolute Gasteiger partial charge is 0.378 e. The molecule has 15 heavy (non-hydrogen) atoms. The Bertz CT molecular complexity index is 209. The van der Waals surface area contributed by atoms with Gasteiger partial charge >= 0.3 is 0 Å². The second-order valence-corrected chi connectivity index (χ2v) is 4.26. The van der Waals surface area contributed by atoms with Gasteiger partial charge in [-0.25, -0.2) is 0 Å². The molecule has 4 heteroatoms. The third-order valence-electron chi connectivity index (χ3n) is 3.01. The first-order valence-electron chi connectivity index (χ1n) is 5.80. The van der Waals surface area contributed by atoms with Crippen molar-refractivity contribution < 1.29 is 9.53 Å². The Morgan fingerprint density at radius 2 is 2.40 bits per heavy atom. The molecule has 0 radical (unpaired) electrons. The fraction of sp³-hybridized carbons (Fsp3) is 0.909. The van der Waals surface area contributed by atoms with Gasteiger partial charge in [0.2, 0.25) is 5.91 Å². The molecule has 1 aliphatic rings. The lowest BCUT2D eigenvalue weighted by molar-refractivity contribution is -0.122. The van der Waals surface area contributed by atoms with E-state index in [0.717, 1.165) is 25.9 Å². The molecular formula is C11H22N2O2. The summed E-state index contributed by atoms with van der Waals surface area (Å²) in [5, 5.41) is 2.90. The lowest BCUT2D eigenvalue weighted by Gasteiger charge is -2.16. The molecule has 1 fully saturated rings. The average molecular weight is 214 g/mol. The van der Waals surface area contributed by atoms with Gasteiger partial charge in [0.25, 0.3) is 0 Å². The van der Waals surface area contributed by atoms with Crippen LogP contribution in [-0.2, 0) is 9.53 Å². The molecule has 0 aliphatic carbocycles. The Kier molecular flexibility index (Phi) is 5.05. The van der Waals surface area contributed by atoms with Crippen LogP contribution in [0, 0.1) is 5.92 Å². The number of hydrogen-bond donors (Lipinski definition) is 2. The van der Waals surface area contributed by atoms with Gasteiger partial charge in [-0.05, 0) is 19.8 Å². The van der Waals surface area contributed by atoms with E-state index in [9.17, 15) is 4.79 Å². The highest BCUT2D eigenvalue weighted by Gasteiger charge is 2.25. The predicted octanol–water partition coefficient (Wildman–Crippen LogP) is 0.655. The molecule has 3 atom stereocenters. The molecule has 0 aromatic rings. The summed E-state index contributed by atoms with van der Waals surface area (Å²) in [7, 11) is 0. The molecule has 3 N–H and O–H groups in total. The van der Waals surface area contributed by atoms with Crippen molar-refractivity contribution in [1.82, 2.24) is 5.32 Å². The van der Waals surface area contributed by atoms with Crippen molar-refractivity contribution in [1.29, 1.82) is 0 Å². The maximum absolute atomic E-state index is 11.5. The van der Waals surface area contributed by atoms with E-state index in [1.165, 1.54) is 0 Å². The Labute approximate surface area is 91.5 Å². The summed E-state index contributed by atoms with van der Waals surface area (Å²) in [6.45, 7) is 5.58. The second-order valence-electron chi connectivity index (χ2n) is 4.26. The number of nitrogens with one attached hydrogen (secondary N) is 1. The highest BCUT2D eigenvalue weighted by Crippen LogP contribution is 2.19.